The second kappa shape index (κ2) is 12.0. The number of rotatable bonds is 4. The van der Waals surface area contributed by atoms with E-state index >= 15 is 0 Å². The van der Waals surface area contributed by atoms with E-state index in [-0.39, 0.29) is 11.3 Å². The fraction of sp³-hybridized carbons (Fsp3) is 0.423. The Labute approximate surface area is 192 Å². The van der Waals surface area contributed by atoms with E-state index in [1.54, 1.807) is 18.2 Å². The molecule has 4 nitrogen and oxygen atoms in total. The molecule has 2 fully saturated rings. The van der Waals surface area contributed by atoms with E-state index in [1.807, 2.05) is 0 Å². The Bertz CT molecular complexity index is 1030. The van der Waals surface area contributed by atoms with Crippen molar-refractivity contribution in [1.29, 1.82) is 0 Å². The Morgan fingerprint density at radius 3 is 2.27 bits per heavy atom. The molecule has 1 aliphatic heterocycles. The topological polar surface area (TPSA) is 56.3 Å². The number of aromatic nitrogens is 1. The number of aldehydes is 1. The van der Waals surface area contributed by atoms with Crippen molar-refractivity contribution in [3.63, 3.8) is 0 Å². The normalized spacial score (nSPS) is 18.2. The number of aliphatic hydroxyl groups is 1. The number of fused-ring (bicyclic) bond motifs is 1. The van der Waals surface area contributed by atoms with E-state index < -0.39 is 11.6 Å². The zero-order chi connectivity index (χ0) is 23.8. The Morgan fingerprint density at radius 1 is 1.03 bits per heavy atom. The maximum absolute atomic E-state index is 13.5. The van der Waals surface area contributed by atoms with Crippen LogP contribution in [0.15, 0.2) is 42.5 Å². The molecule has 0 spiro atoms. The maximum atomic E-state index is 13.5. The quantitative estimate of drug-likeness (QED) is 0.491. The molecule has 1 saturated heterocycles. The number of aliphatic hydroxyl groups excluding tert-OH is 1. The lowest BCUT2D eigenvalue weighted by atomic mass is 9.87. The summed E-state index contributed by atoms with van der Waals surface area (Å²) in [6.45, 7) is 1.56. The molecule has 2 heterocycles. The molecule has 1 aliphatic carbocycles. The van der Waals surface area contributed by atoms with Crippen LogP contribution in [-0.2, 0) is 4.79 Å². The van der Waals surface area contributed by atoms with Gasteiger partial charge in [0.15, 0.2) is 0 Å². The van der Waals surface area contributed by atoms with Crippen molar-refractivity contribution in [3.05, 3.63) is 59.9 Å². The van der Waals surface area contributed by atoms with Gasteiger partial charge >= 0.3 is 0 Å². The van der Waals surface area contributed by atoms with Gasteiger partial charge in [-0.15, -0.1) is 0 Å². The van der Waals surface area contributed by atoms with Crippen LogP contribution in [0, 0.1) is 23.4 Å². The standard InChI is InChI=1S/C14H8F3N.C7H15NO.C5H8O/c15-10-3-1-8(2-4-10)13-6-9-5-11(16)7-12(17)14(9)18-13;1-8-5-2-3-7(8)4-6-9;6-4-5-2-1-3-5/h1-7,18H;7,9H,2-6H2,1H3;4-5H,1-3H2. The summed E-state index contributed by atoms with van der Waals surface area (Å²) in [5, 5.41) is 9.07. The predicted octanol–water partition coefficient (Wildman–Crippen LogP) is 5.70. The van der Waals surface area contributed by atoms with Gasteiger partial charge in [-0.25, -0.2) is 13.2 Å². The smallest absolute Gasteiger partial charge is 0.150 e. The minimum Gasteiger partial charge on any atom is -0.396 e. The van der Waals surface area contributed by atoms with Crippen molar-refractivity contribution >= 4 is 17.2 Å². The highest BCUT2D eigenvalue weighted by molar-refractivity contribution is 5.86. The molecule has 1 unspecified atom stereocenters. The summed E-state index contributed by atoms with van der Waals surface area (Å²) in [7, 11) is 2.13. The van der Waals surface area contributed by atoms with Crippen LogP contribution in [0.4, 0.5) is 13.2 Å². The third kappa shape index (κ3) is 6.92. The Morgan fingerprint density at radius 2 is 1.76 bits per heavy atom. The number of carbonyl (C=O) groups is 1. The Kier molecular flexibility index (Phi) is 9.09. The summed E-state index contributed by atoms with van der Waals surface area (Å²) >= 11 is 0. The fourth-order valence-electron chi connectivity index (χ4n) is 4.02. The first-order valence-electron chi connectivity index (χ1n) is 11.4. The van der Waals surface area contributed by atoms with Crippen molar-refractivity contribution in [2.45, 2.75) is 44.6 Å². The number of nitrogens with zero attached hydrogens (tertiary/aromatic N) is 1. The van der Waals surface area contributed by atoms with Gasteiger partial charge in [-0.1, -0.05) is 6.42 Å². The van der Waals surface area contributed by atoms with E-state index in [1.165, 1.54) is 44.0 Å². The summed E-state index contributed by atoms with van der Waals surface area (Å²) in [6.07, 6.45) is 8.15. The number of likely N-dealkylation sites (tertiary alicyclic amines) is 1. The van der Waals surface area contributed by atoms with Crippen molar-refractivity contribution in [1.82, 2.24) is 9.88 Å². The minimum atomic E-state index is -0.640. The molecule has 3 aromatic rings. The molecule has 33 heavy (non-hydrogen) atoms. The Hall–Kier alpha value is -2.64. The van der Waals surface area contributed by atoms with Gasteiger partial charge in [0.05, 0.1) is 5.52 Å². The molecule has 2 aliphatic rings. The highest BCUT2D eigenvalue weighted by atomic mass is 19.1. The summed E-state index contributed by atoms with van der Waals surface area (Å²) < 4.78 is 39.4. The first-order valence-corrected chi connectivity index (χ1v) is 11.4. The van der Waals surface area contributed by atoms with Gasteiger partial charge in [-0.05, 0) is 87.7 Å². The van der Waals surface area contributed by atoms with Crippen molar-refractivity contribution < 1.29 is 23.1 Å². The minimum absolute atomic E-state index is 0.246. The van der Waals surface area contributed by atoms with E-state index in [9.17, 15) is 18.0 Å². The van der Waals surface area contributed by atoms with Crippen molar-refractivity contribution in [2.24, 2.45) is 5.92 Å². The van der Waals surface area contributed by atoms with Gasteiger partial charge < -0.3 is 19.8 Å². The molecule has 0 amide bonds. The number of hydrogen-bond donors (Lipinski definition) is 2. The number of nitrogens with one attached hydrogen (secondary N) is 1. The predicted molar refractivity (Wildman–Crippen MR) is 124 cm³/mol. The third-order valence-corrected chi connectivity index (χ3v) is 6.28. The number of aromatic amines is 1. The lowest BCUT2D eigenvalue weighted by Gasteiger charge is -2.17. The Balaban J connectivity index is 0.000000169. The van der Waals surface area contributed by atoms with Crippen LogP contribution in [0.2, 0.25) is 0 Å². The fourth-order valence-corrected chi connectivity index (χ4v) is 4.02. The van der Waals surface area contributed by atoms with Gasteiger partial charge in [0.1, 0.15) is 23.7 Å². The van der Waals surface area contributed by atoms with Gasteiger partial charge in [0, 0.05) is 35.7 Å². The number of halogens is 3. The van der Waals surface area contributed by atoms with E-state index in [0.717, 1.165) is 31.6 Å². The maximum Gasteiger partial charge on any atom is 0.150 e. The monoisotopic (exact) mass is 460 g/mol. The van der Waals surface area contributed by atoms with Crippen molar-refractivity contribution in [2.75, 3.05) is 20.2 Å². The van der Waals surface area contributed by atoms with Crippen LogP contribution >= 0.6 is 0 Å². The second-order valence-electron chi connectivity index (χ2n) is 8.66. The van der Waals surface area contributed by atoms with Crippen LogP contribution in [-0.4, -0.2) is 47.5 Å². The SMILES string of the molecule is CN1CCCC1CCO.Fc1ccc(-c2cc3cc(F)cc(F)c3[nH]2)cc1.O=CC1CCC1. The number of carbonyl (C=O) groups excluding carboxylic acids is 1. The van der Waals surface area contributed by atoms with Gasteiger partial charge in [-0.2, -0.15) is 0 Å². The first-order chi connectivity index (χ1) is 15.9. The second-order valence-corrected chi connectivity index (χ2v) is 8.66. The zero-order valence-electron chi connectivity index (χ0n) is 18.9. The molecule has 1 atom stereocenters. The molecule has 0 radical (unpaired) electrons. The molecular weight excluding hydrogens is 429 g/mol. The molecule has 5 rings (SSSR count). The lowest BCUT2D eigenvalue weighted by Crippen LogP contribution is -2.25. The van der Waals surface area contributed by atoms with E-state index in [2.05, 4.69) is 16.9 Å². The molecule has 7 heteroatoms. The largest absolute Gasteiger partial charge is 0.396 e. The average Bonchev–Trinajstić information content (AvgIpc) is 3.36. The number of hydrogen-bond acceptors (Lipinski definition) is 3. The molecule has 2 aromatic carbocycles. The summed E-state index contributed by atoms with van der Waals surface area (Å²) in [5.41, 5.74) is 1.58. The van der Waals surface area contributed by atoms with Gasteiger partial charge in [0.2, 0.25) is 0 Å². The van der Waals surface area contributed by atoms with E-state index in [0.29, 0.717) is 35.2 Å². The highest BCUT2D eigenvalue weighted by Crippen LogP contribution is 2.26. The summed E-state index contributed by atoms with van der Waals surface area (Å²) in [5.74, 6) is -1.17. The van der Waals surface area contributed by atoms with Gasteiger partial charge in [-0.3, -0.25) is 0 Å². The van der Waals surface area contributed by atoms with Crippen LogP contribution in [0.25, 0.3) is 22.2 Å². The van der Waals surface area contributed by atoms with Crippen LogP contribution in [0.1, 0.15) is 38.5 Å². The van der Waals surface area contributed by atoms with Crippen LogP contribution < -0.4 is 0 Å². The molecule has 178 valence electrons. The summed E-state index contributed by atoms with van der Waals surface area (Å²) in [6, 6.07) is 10.2. The first kappa shape index (κ1) is 25.0. The molecule has 1 aromatic heterocycles. The van der Waals surface area contributed by atoms with E-state index in [4.69, 9.17) is 5.11 Å². The van der Waals surface area contributed by atoms with Crippen LogP contribution in [0.5, 0.6) is 0 Å². The molecule has 2 N–H and O–H groups in total. The van der Waals surface area contributed by atoms with Crippen molar-refractivity contribution in [3.8, 4) is 11.3 Å². The third-order valence-electron chi connectivity index (χ3n) is 6.28. The molecule has 0 bridgehead atoms. The number of benzene rings is 2. The molecular formula is C26H31F3N2O2. The van der Waals surface area contributed by atoms with Gasteiger partial charge in [0.25, 0.3) is 0 Å². The summed E-state index contributed by atoms with van der Waals surface area (Å²) in [4.78, 5) is 15.0. The van der Waals surface area contributed by atoms with Crippen LogP contribution in [0.3, 0.4) is 0 Å². The highest BCUT2D eigenvalue weighted by Gasteiger charge is 2.19. The average molecular weight is 461 g/mol. The molecule has 1 saturated carbocycles. The zero-order valence-corrected chi connectivity index (χ0v) is 18.9. The lowest BCUT2D eigenvalue weighted by molar-refractivity contribution is -0.113. The number of H-pyrrole nitrogens is 1.